The Hall–Kier alpha value is -1.39. The molecule has 2 N–H and O–H groups in total. The van der Waals surface area contributed by atoms with Gasteiger partial charge in [0, 0.05) is 18.4 Å². The number of aromatic nitrogens is 2. The highest BCUT2D eigenvalue weighted by molar-refractivity contribution is 7.99. The summed E-state index contributed by atoms with van der Waals surface area (Å²) in [5.74, 6) is 0. The van der Waals surface area contributed by atoms with Gasteiger partial charge in [0.05, 0.1) is 0 Å². The highest BCUT2D eigenvalue weighted by Crippen LogP contribution is 2.25. The molecule has 2 aromatic rings. The summed E-state index contributed by atoms with van der Waals surface area (Å²) in [7, 11) is 0. The van der Waals surface area contributed by atoms with Crippen LogP contribution in [0.5, 0.6) is 0 Å². The van der Waals surface area contributed by atoms with Gasteiger partial charge < -0.3 is 5.73 Å². The van der Waals surface area contributed by atoms with Crippen LogP contribution in [0.4, 0.5) is 0 Å². The average molecular weight is 231 g/mol. The Labute approximate surface area is 99.1 Å². The van der Waals surface area contributed by atoms with Gasteiger partial charge in [0.15, 0.2) is 0 Å². The lowest BCUT2D eigenvalue weighted by Crippen LogP contribution is -2.04. The first-order valence-electron chi connectivity index (χ1n) is 5.06. The molecule has 0 saturated carbocycles. The Morgan fingerprint density at radius 2 is 1.94 bits per heavy atom. The predicted octanol–water partition coefficient (Wildman–Crippen LogP) is 2.65. The van der Waals surface area contributed by atoms with E-state index in [-0.39, 0.29) is 6.04 Å². The van der Waals surface area contributed by atoms with E-state index in [0.29, 0.717) is 0 Å². The molecule has 0 aliphatic carbocycles. The molecular weight excluding hydrogens is 218 g/mol. The molecule has 2 heterocycles. The number of nitrogens with two attached hydrogens (primary N) is 1. The highest BCUT2D eigenvalue weighted by Gasteiger charge is 2.03. The summed E-state index contributed by atoms with van der Waals surface area (Å²) in [5, 5.41) is 1.87. The van der Waals surface area contributed by atoms with Gasteiger partial charge in [-0.05, 0) is 36.8 Å². The van der Waals surface area contributed by atoms with Gasteiger partial charge in [-0.15, -0.1) is 0 Å². The summed E-state index contributed by atoms with van der Waals surface area (Å²) >= 11 is 1.54. The largest absolute Gasteiger partial charge is 0.324 e. The lowest BCUT2D eigenvalue weighted by atomic mass is 10.1. The molecule has 1 atom stereocenters. The van der Waals surface area contributed by atoms with E-state index in [1.165, 1.54) is 0 Å². The quantitative estimate of drug-likeness (QED) is 0.882. The summed E-state index contributed by atoms with van der Waals surface area (Å²) < 4.78 is 0. The van der Waals surface area contributed by atoms with Gasteiger partial charge in [-0.2, -0.15) is 0 Å². The molecule has 0 radical (unpaired) electrons. The van der Waals surface area contributed by atoms with Crippen LogP contribution in [0, 0.1) is 0 Å². The van der Waals surface area contributed by atoms with Crippen LogP contribution in [-0.2, 0) is 0 Å². The molecule has 82 valence electrons. The van der Waals surface area contributed by atoms with Gasteiger partial charge in [-0.1, -0.05) is 17.8 Å². The lowest BCUT2D eigenvalue weighted by Gasteiger charge is -2.06. The van der Waals surface area contributed by atoms with Crippen molar-refractivity contribution in [3.05, 3.63) is 48.3 Å². The second-order valence-electron chi connectivity index (χ2n) is 3.49. The Kier molecular flexibility index (Phi) is 3.54. The topological polar surface area (TPSA) is 51.8 Å². The van der Waals surface area contributed by atoms with Crippen LogP contribution >= 0.6 is 11.8 Å². The first-order chi connectivity index (χ1) is 7.75. The predicted molar refractivity (Wildman–Crippen MR) is 65.2 cm³/mol. The van der Waals surface area contributed by atoms with Crippen molar-refractivity contribution in [3.63, 3.8) is 0 Å². The SMILES string of the molecule is C[C@H](N)c1ccnc(Sc2ccccn2)c1. The van der Waals surface area contributed by atoms with Crippen LogP contribution in [0.2, 0.25) is 0 Å². The second-order valence-corrected chi connectivity index (χ2v) is 4.53. The average Bonchev–Trinajstić information content (AvgIpc) is 2.30. The fourth-order valence-corrected chi connectivity index (χ4v) is 2.06. The normalized spacial score (nSPS) is 12.4. The fourth-order valence-electron chi connectivity index (χ4n) is 1.28. The van der Waals surface area contributed by atoms with Gasteiger partial charge in [-0.25, -0.2) is 9.97 Å². The standard InChI is InChI=1S/C12H13N3S/c1-9(13)10-5-7-15-12(8-10)16-11-4-2-3-6-14-11/h2-9H,13H2,1H3/t9-/m0/s1. The van der Waals surface area contributed by atoms with Crippen molar-refractivity contribution < 1.29 is 0 Å². The first-order valence-corrected chi connectivity index (χ1v) is 5.88. The molecule has 0 fully saturated rings. The molecule has 0 spiro atoms. The van der Waals surface area contributed by atoms with Crippen molar-refractivity contribution in [2.75, 3.05) is 0 Å². The van der Waals surface area contributed by atoms with Crippen molar-refractivity contribution in [2.45, 2.75) is 23.0 Å². The minimum absolute atomic E-state index is 0.0334. The zero-order valence-corrected chi connectivity index (χ0v) is 9.82. The molecule has 0 unspecified atom stereocenters. The molecule has 0 aliphatic rings. The molecule has 16 heavy (non-hydrogen) atoms. The number of hydrogen-bond donors (Lipinski definition) is 1. The van der Waals surface area contributed by atoms with Crippen LogP contribution in [0.25, 0.3) is 0 Å². The van der Waals surface area contributed by atoms with E-state index in [0.717, 1.165) is 15.6 Å². The summed E-state index contributed by atoms with van der Waals surface area (Å²) in [4.78, 5) is 8.52. The van der Waals surface area contributed by atoms with E-state index in [2.05, 4.69) is 9.97 Å². The summed E-state index contributed by atoms with van der Waals surface area (Å²) in [6, 6.07) is 9.80. The summed E-state index contributed by atoms with van der Waals surface area (Å²) in [6.45, 7) is 1.96. The van der Waals surface area contributed by atoms with Gasteiger partial charge in [-0.3, -0.25) is 0 Å². The van der Waals surface area contributed by atoms with Gasteiger partial charge >= 0.3 is 0 Å². The summed E-state index contributed by atoms with van der Waals surface area (Å²) in [6.07, 6.45) is 3.56. The van der Waals surface area contributed by atoms with Crippen molar-refractivity contribution >= 4 is 11.8 Å². The minimum Gasteiger partial charge on any atom is -0.324 e. The maximum Gasteiger partial charge on any atom is 0.102 e. The van der Waals surface area contributed by atoms with E-state index in [1.54, 1.807) is 24.2 Å². The Balaban J connectivity index is 2.19. The third-order valence-corrected chi connectivity index (χ3v) is 3.01. The molecule has 2 aromatic heterocycles. The van der Waals surface area contributed by atoms with Gasteiger partial charge in [0.25, 0.3) is 0 Å². The number of rotatable bonds is 3. The molecule has 0 bridgehead atoms. The zero-order valence-electron chi connectivity index (χ0n) is 9.00. The molecule has 4 heteroatoms. The molecular formula is C12H13N3S. The Morgan fingerprint density at radius 1 is 1.12 bits per heavy atom. The van der Waals surface area contributed by atoms with Gasteiger partial charge in [0.2, 0.25) is 0 Å². The van der Waals surface area contributed by atoms with E-state index in [1.807, 2.05) is 37.3 Å². The van der Waals surface area contributed by atoms with Crippen LogP contribution < -0.4 is 5.73 Å². The Bertz CT molecular complexity index is 457. The molecule has 0 aromatic carbocycles. The van der Waals surface area contributed by atoms with E-state index in [9.17, 15) is 0 Å². The van der Waals surface area contributed by atoms with Crippen LogP contribution in [0.15, 0.2) is 52.8 Å². The highest BCUT2D eigenvalue weighted by atomic mass is 32.2. The minimum atomic E-state index is 0.0334. The number of hydrogen-bond acceptors (Lipinski definition) is 4. The zero-order chi connectivity index (χ0) is 11.4. The van der Waals surface area contributed by atoms with Crippen molar-refractivity contribution in [2.24, 2.45) is 5.73 Å². The van der Waals surface area contributed by atoms with Crippen LogP contribution in [0.3, 0.4) is 0 Å². The van der Waals surface area contributed by atoms with E-state index in [4.69, 9.17) is 5.73 Å². The van der Waals surface area contributed by atoms with Crippen LogP contribution in [-0.4, -0.2) is 9.97 Å². The maximum atomic E-state index is 5.82. The third kappa shape index (κ3) is 2.81. The van der Waals surface area contributed by atoms with Gasteiger partial charge in [0.1, 0.15) is 10.1 Å². The first kappa shape index (κ1) is 11.1. The van der Waals surface area contributed by atoms with Crippen molar-refractivity contribution in [1.29, 1.82) is 0 Å². The van der Waals surface area contributed by atoms with Crippen molar-refractivity contribution in [1.82, 2.24) is 9.97 Å². The molecule has 0 amide bonds. The molecule has 3 nitrogen and oxygen atoms in total. The smallest absolute Gasteiger partial charge is 0.102 e. The third-order valence-electron chi connectivity index (χ3n) is 2.13. The lowest BCUT2D eigenvalue weighted by molar-refractivity contribution is 0.808. The monoisotopic (exact) mass is 231 g/mol. The van der Waals surface area contributed by atoms with Crippen LogP contribution in [0.1, 0.15) is 18.5 Å². The molecule has 0 aliphatic heterocycles. The second kappa shape index (κ2) is 5.09. The number of nitrogens with zero attached hydrogens (tertiary/aromatic N) is 2. The number of pyridine rings is 2. The maximum absolute atomic E-state index is 5.82. The van der Waals surface area contributed by atoms with E-state index >= 15 is 0 Å². The van der Waals surface area contributed by atoms with E-state index < -0.39 is 0 Å². The fraction of sp³-hybridized carbons (Fsp3) is 0.167. The Morgan fingerprint density at radius 3 is 2.62 bits per heavy atom. The van der Waals surface area contributed by atoms with Crippen molar-refractivity contribution in [3.8, 4) is 0 Å². The molecule has 0 saturated heterocycles. The molecule has 2 rings (SSSR count). The summed E-state index contributed by atoms with van der Waals surface area (Å²) in [5.41, 5.74) is 6.91.